The molecule has 3 aromatic rings. The maximum atomic E-state index is 13.4. The third-order valence-corrected chi connectivity index (χ3v) is 7.79. The Balaban J connectivity index is 1.64. The molecule has 0 bridgehead atoms. The number of H-pyrrole nitrogens is 1. The largest absolute Gasteiger partial charge is 0.307 e. The molecule has 0 unspecified atom stereocenters. The zero-order valence-corrected chi connectivity index (χ0v) is 17.0. The molecular formula is C20H12ClFN2O3S2. The van der Waals surface area contributed by atoms with E-state index in [4.69, 9.17) is 11.6 Å². The van der Waals surface area contributed by atoms with E-state index in [1.807, 2.05) is 12.1 Å². The molecule has 146 valence electrons. The predicted molar refractivity (Wildman–Crippen MR) is 110 cm³/mol. The van der Waals surface area contributed by atoms with E-state index in [1.165, 1.54) is 36.0 Å². The zero-order valence-electron chi connectivity index (χ0n) is 14.6. The van der Waals surface area contributed by atoms with E-state index in [0.717, 1.165) is 26.7 Å². The van der Waals surface area contributed by atoms with Gasteiger partial charge in [0.25, 0.3) is 0 Å². The minimum atomic E-state index is -0.675. The minimum Gasteiger partial charge on any atom is -0.307 e. The number of rotatable bonds is 2. The van der Waals surface area contributed by atoms with Crippen molar-refractivity contribution in [1.82, 2.24) is 4.98 Å². The average molecular weight is 447 g/mol. The second-order valence-corrected chi connectivity index (χ2v) is 9.39. The second kappa shape index (κ2) is 6.83. The number of thiazole rings is 1. The summed E-state index contributed by atoms with van der Waals surface area (Å²) in [5, 5.41) is 0.494. The lowest BCUT2D eigenvalue weighted by molar-refractivity contribution is -0.122. The lowest BCUT2D eigenvalue weighted by Gasteiger charge is -2.29. The van der Waals surface area contributed by atoms with Gasteiger partial charge in [0, 0.05) is 15.8 Å². The van der Waals surface area contributed by atoms with E-state index in [-0.39, 0.29) is 16.7 Å². The van der Waals surface area contributed by atoms with Crippen molar-refractivity contribution >= 4 is 52.2 Å². The number of amides is 2. The van der Waals surface area contributed by atoms with Gasteiger partial charge in [-0.3, -0.25) is 14.4 Å². The van der Waals surface area contributed by atoms with E-state index in [9.17, 15) is 18.8 Å². The molecule has 29 heavy (non-hydrogen) atoms. The third kappa shape index (κ3) is 2.94. The number of carbonyl (C=O) groups is 2. The van der Waals surface area contributed by atoms with Gasteiger partial charge in [0.1, 0.15) is 11.1 Å². The van der Waals surface area contributed by atoms with Crippen LogP contribution in [0.1, 0.15) is 16.4 Å². The first-order valence-electron chi connectivity index (χ1n) is 8.72. The molecule has 0 aliphatic carbocycles. The summed E-state index contributed by atoms with van der Waals surface area (Å²) in [6.07, 6.45) is 0. The van der Waals surface area contributed by atoms with Gasteiger partial charge in [-0.05, 0) is 42.0 Å². The van der Waals surface area contributed by atoms with Gasteiger partial charge in [-0.1, -0.05) is 46.8 Å². The van der Waals surface area contributed by atoms with Crippen molar-refractivity contribution in [2.75, 3.05) is 4.90 Å². The van der Waals surface area contributed by atoms with Crippen molar-refractivity contribution in [3.05, 3.63) is 79.5 Å². The van der Waals surface area contributed by atoms with Crippen LogP contribution in [0.2, 0.25) is 5.02 Å². The van der Waals surface area contributed by atoms with Crippen LogP contribution in [0.4, 0.5) is 10.1 Å². The number of nitrogens with zero attached hydrogens (tertiary/aromatic N) is 1. The molecule has 1 N–H and O–H groups in total. The van der Waals surface area contributed by atoms with Crippen molar-refractivity contribution in [2.45, 2.75) is 16.2 Å². The molecule has 1 aromatic heterocycles. The van der Waals surface area contributed by atoms with Crippen LogP contribution in [0.25, 0.3) is 0 Å². The molecule has 2 aliphatic heterocycles. The molecule has 1 fully saturated rings. The Morgan fingerprint density at radius 3 is 2.34 bits per heavy atom. The molecule has 0 saturated carbocycles. The lowest BCUT2D eigenvalue weighted by atomic mass is 9.83. The Morgan fingerprint density at radius 2 is 1.66 bits per heavy atom. The predicted octanol–water partition coefficient (Wildman–Crippen LogP) is 4.02. The number of carbonyl (C=O) groups excluding carboxylic acids is 2. The molecule has 2 aromatic carbocycles. The molecule has 2 aliphatic rings. The minimum absolute atomic E-state index is 0.225. The average Bonchev–Trinajstić information content (AvgIpc) is 3.19. The molecule has 3 atom stereocenters. The lowest BCUT2D eigenvalue weighted by Crippen LogP contribution is -2.32. The van der Waals surface area contributed by atoms with Crippen LogP contribution >= 0.6 is 34.7 Å². The number of fused-ring (bicyclic) bond motifs is 2. The quantitative estimate of drug-likeness (QED) is 0.603. The van der Waals surface area contributed by atoms with Gasteiger partial charge >= 0.3 is 4.87 Å². The number of nitrogens with one attached hydrogen (secondary N) is 1. The molecule has 1 saturated heterocycles. The fourth-order valence-corrected chi connectivity index (χ4v) is 6.53. The third-order valence-electron chi connectivity index (χ3n) is 5.14. The van der Waals surface area contributed by atoms with Gasteiger partial charge < -0.3 is 4.98 Å². The summed E-state index contributed by atoms with van der Waals surface area (Å²) in [5.41, 5.74) is 1.14. The standard InChI is InChI=1S/C20H12ClFN2O3S2/c21-10-3-1-9(2-4-10)13-14-16(28-17-15(13)29-20(27)23-17)19(26)24(18(14)25)12-7-5-11(22)6-8-12/h1-8,13-14,16H,(H,23,27)/t13-,14-,16+/m0/s1. The number of benzene rings is 2. The Morgan fingerprint density at radius 1 is 0.966 bits per heavy atom. The van der Waals surface area contributed by atoms with Crippen molar-refractivity contribution in [2.24, 2.45) is 5.92 Å². The first-order chi connectivity index (χ1) is 13.9. The fraction of sp³-hybridized carbons (Fsp3) is 0.150. The number of hydrogen-bond acceptors (Lipinski definition) is 5. The smallest absolute Gasteiger partial charge is 0.305 e. The summed E-state index contributed by atoms with van der Waals surface area (Å²) >= 11 is 8.27. The van der Waals surface area contributed by atoms with Gasteiger partial charge in [-0.25, -0.2) is 9.29 Å². The number of imide groups is 1. The van der Waals surface area contributed by atoms with Crippen LogP contribution < -0.4 is 9.77 Å². The second-order valence-electron chi connectivity index (χ2n) is 6.79. The van der Waals surface area contributed by atoms with Crippen molar-refractivity contribution in [3.63, 3.8) is 0 Å². The normalized spacial score (nSPS) is 23.2. The van der Waals surface area contributed by atoms with Crippen LogP contribution in [0.15, 0.2) is 58.4 Å². The summed E-state index contributed by atoms with van der Waals surface area (Å²) in [6, 6.07) is 12.3. The summed E-state index contributed by atoms with van der Waals surface area (Å²) in [5.74, 6) is -2.28. The number of anilines is 1. The van der Waals surface area contributed by atoms with Gasteiger partial charge in [-0.15, -0.1) is 0 Å². The maximum absolute atomic E-state index is 13.4. The molecule has 9 heteroatoms. The van der Waals surface area contributed by atoms with Crippen LogP contribution in [0.5, 0.6) is 0 Å². The van der Waals surface area contributed by atoms with Crippen LogP contribution in [-0.2, 0) is 9.59 Å². The first-order valence-corrected chi connectivity index (χ1v) is 10.8. The highest BCUT2D eigenvalue weighted by atomic mass is 35.5. The number of hydrogen-bond donors (Lipinski definition) is 1. The van der Waals surface area contributed by atoms with Crippen molar-refractivity contribution < 1.29 is 14.0 Å². The summed E-state index contributed by atoms with van der Waals surface area (Å²) in [7, 11) is 0. The molecule has 0 spiro atoms. The molecule has 5 nitrogen and oxygen atoms in total. The monoisotopic (exact) mass is 446 g/mol. The first kappa shape index (κ1) is 18.6. The zero-order chi connectivity index (χ0) is 20.3. The van der Waals surface area contributed by atoms with Crippen LogP contribution in [0, 0.1) is 11.7 Å². The van der Waals surface area contributed by atoms with Crippen LogP contribution in [0.3, 0.4) is 0 Å². The van der Waals surface area contributed by atoms with E-state index in [0.29, 0.717) is 15.7 Å². The summed E-state index contributed by atoms with van der Waals surface area (Å²) in [6.45, 7) is 0. The number of aromatic nitrogens is 1. The molecule has 2 amide bonds. The number of thioether (sulfide) groups is 1. The van der Waals surface area contributed by atoms with Crippen LogP contribution in [-0.4, -0.2) is 22.0 Å². The molecule has 0 radical (unpaired) electrons. The highest BCUT2D eigenvalue weighted by Crippen LogP contribution is 2.53. The maximum Gasteiger partial charge on any atom is 0.305 e. The van der Waals surface area contributed by atoms with E-state index < -0.39 is 22.9 Å². The highest BCUT2D eigenvalue weighted by Gasteiger charge is 2.56. The van der Waals surface area contributed by atoms with Gasteiger partial charge in [0.15, 0.2) is 0 Å². The highest BCUT2D eigenvalue weighted by molar-refractivity contribution is 8.00. The summed E-state index contributed by atoms with van der Waals surface area (Å²) in [4.78, 5) is 43.0. The SMILES string of the molecule is O=C1[C@H]2[C@H](c3ccc(Cl)cc3)c3sc(=O)[nH]c3S[C@H]2C(=O)N1c1ccc(F)cc1. The molecular weight excluding hydrogens is 435 g/mol. The topological polar surface area (TPSA) is 70.2 Å². The Kier molecular flexibility index (Phi) is 4.38. The molecule has 5 rings (SSSR count). The Labute approximate surface area is 177 Å². The number of aromatic amines is 1. The summed E-state index contributed by atoms with van der Waals surface area (Å²) < 4.78 is 13.3. The van der Waals surface area contributed by atoms with E-state index in [2.05, 4.69) is 4.98 Å². The van der Waals surface area contributed by atoms with Gasteiger partial charge in [0.05, 0.1) is 16.6 Å². The van der Waals surface area contributed by atoms with E-state index in [1.54, 1.807) is 12.1 Å². The Hall–Kier alpha value is -2.42. The Bertz CT molecular complexity index is 1190. The van der Waals surface area contributed by atoms with Crippen molar-refractivity contribution in [3.8, 4) is 0 Å². The van der Waals surface area contributed by atoms with Crippen molar-refractivity contribution in [1.29, 1.82) is 0 Å². The fourth-order valence-electron chi connectivity index (χ4n) is 3.89. The number of halogens is 2. The molecule has 3 heterocycles. The van der Waals surface area contributed by atoms with Gasteiger partial charge in [0.2, 0.25) is 11.8 Å². The van der Waals surface area contributed by atoms with Gasteiger partial charge in [-0.2, -0.15) is 0 Å². The van der Waals surface area contributed by atoms with E-state index >= 15 is 0 Å².